The molecule has 2 unspecified atom stereocenters. The van der Waals surface area contributed by atoms with Gasteiger partial charge in [0.25, 0.3) is 5.91 Å². The Balaban J connectivity index is 1.54. The van der Waals surface area contributed by atoms with Crippen molar-refractivity contribution in [2.24, 2.45) is 5.92 Å². The lowest BCUT2D eigenvalue weighted by atomic mass is 10.2. The third-order valence-corrected chi connectivity index (χ3v) is 4.57. The topological polar surface area (TPSA) is 127 Å². The predicted octanol–water partition coefficient (Wildman–Crippen LogP) is -0.680. The predicted molar refractivity (Wildman–Crippen MR) is 87.4 cm³/mol. The number of nitrogens with one attached hydrogen (secondary N) is 3. The number of aromatic nitrogens is 2. The van der Waals surface area contributed by atoms with Crippen LogP contribution in [0.2, 0.25) is 0 Å². The minimum Gasteiger partial charge on any atom is -0.387 e. The number of carbonyl (C=O) groups is 3. The van der Waals surface area contributed by atoms with Gasteiger partial charge in [0.2, 0.25) is 11.8 Å². The van der Waals surface area contributed by atoms with E-state index in [1.807, 2.05) is 0 Å². The van der Waals surface area contributed by atoms with Crippen LogP contribution in [0.15, 0.2) is 6.07 Å². The molecule has 0 radical (unpaired) electrons. The van der Waals surface area contributed by atoms with E-state index in [1.54, 1.807) is 17.9 Å². The lowest BCUT2D eigenvalue weighted by Crippen LogP contribution is -2.39. The molecule has 25 heavy (non-hydrogen) atoms. The van der Waals surface area contributed by atoms with E-state index < -0.39 is 18.6 Å². The molecular formula is C16H23N5O4. The van der Waals surface area contributed by atoms with Crippen LogP contribution in [0.3, 0.4) is 0 Å². The molecule has 9 heteroatoms. The Labute approximate surface area is 145 Å². The van der Waals surface area contributed by atoms with Crippen LogP contribution in [0.1, 0.15) is 48.4 Å². The van der Waals surface area contributed by atoms with Gasteiger partial charge < -0.3 is 20.6 Å². The molecule has 0 aromatic carbocycles. The molecule has 1 aromatic rings. The number of likely N-dealkylation sites (tertiary alicyclic amines) is 1. The summed E-state index contributed by atoms with van der Waals surface area (Å²) >= 11 is 0. The highest BCUT2D eigenvalue weighted by Crippen LogP contribution is 2.29. The fourth-order valence-electron chi connectivity index (χ4n) is 2.92. The molecule has 2 heterocycles. The maximum atomic E-state index is 12.5. The van der Waals surface area contributed by atoms with Gasteiger partial charge in [-0.15, -0.1) is 0 Å². The van der Waals surface area contributed by atoms with E-state index in [0.29, 0.717) is 18.8 Å². The molecule has 4 N–H and O–H groups in total. The van der Waals surface area contributed by atoms with E-state index in [0.717, 1.165) is 19.3 Å². The summed E-state index contributed by atoms with van der Waals surface area (Å²) in [5.74, 6) is -0.445. The summed E-state index contributed by atoms with van der Waals surface area (Å²) in [4.78, 5) is 37.2. The van der Waals surface area contributed by atoms with Gasteiger partial charge in [-0.2, -0.15) is 5.10 Å². The second-order valence-corrected chi connectivity index (χ2v) is 6.68. The molecule has 1 aromatic heterocycles. The highest BCUT2D eigenvalue weighted by molar-refractivity contribution is 5.92. The van der Waals surface area contributed by atoms with Crippen molar-refractivity contribution in [1.29, 1.82) is 0 Å². The zero-order chi connectivity index (χ0) is 18.0. The molecule has 136 valence electrons. The van der Waals surface area contributed by atoms with E-state index in [1.165, 1.54) is 0 Å². The zero-order valence-electron chi connectivity index (χ0n) is 14.1. The van der Waals surface area contributed by atoms with E-state index >= 15 is 0 Å². The Kier molecular flexibility index (Phi) is 5.03. The SMILES string of the molecule is CC(NC(=O)CO)c1cc(C(=O)N2CCC(NC(=O)C3CC3)C2)n[nH]1. The first-order valence-electron chi connectivity index (χ1n) is 8.53. The molecule has 3 rings (SSSR count). The molecular weight excluding hydrogens is 326 g/mol. The summed E-state index contributed by atoms with van der Waals surface area (Å²) < 4.78 is 0. The van der Waals surface area contributed by atoms with Gasteiger partial charge in [-0.3, -0.25) is 19.5 Å². The molecule has 1 aliphatic carbocycles. The Bertz CT molecular complexity index is 669. The third-order valence-electron chi connectivity index (χ3n) is 4.57. The van der Waals surface area contributed by atoms with E-state index in [-0.39, 0.29) is 29.5 Å². The lowest BCUT2D eigenvalue weighted by molar-refractivity contribution is -0.124. The van der Waals surface area contributed by atoms with Gasteiger partial charge in [0.1, 0.15) is 12.3 Å². The first-order valence-corrected chi connectivity index (χ1v) is 8.53. The molecule has 1 saturated heterocycles. The summed E-state index contributed by atoms with van der Waals surface area (Å²) in [7, 11) is 0. The number of hydrogen-bond donors (Lipinski definition) is 4. The second-order valence-electron chi connectivity index (χ2n) is 6.68. The summed E-state index contributed by atoms with van der Waals surface area (Å²) in [6.07, 6.45) is 2.66. The number of amides is 3. The highest BCUT2D eigenvalue weighted by atomic mass is 16.3. The van der Waals surface area contributed by atoms with E-state index in [2.05, 4.69) is 20.8 Å². The molecule has 9 nitrogen and oxygen atoms in total. The van der Waals surface area contributed by atoms with Crippen molar-refractivity contribution in [3.05, 3.63) is 17.5 Å². The van der Waals surface area contributed by atoms with Crippen molar-refractivity contribution in [3.63, 3.8) is 0 Å². The maximum Gasteiger partial charge on any atom is 0.274 e. The van der Waals surface area contributed by atoms with Crippen molar-refractivity contribution in [1.82, 2.24) is 25.7 Å². The number of aliphatic hydroxyl groups is 1. The molecule has 2 aliphatic rings. The molecule has 0 bridgehead atoms. The van der Waals surface area contributed by atoms with Crippen LogP contribution in [0.5, 0.6) is 0 Å². The number of hydrogen-bond acceptors (Lipinski definition) is 5. The van der Waals surface area contributed by atoms with Crippen molar-refractivity contribution in [2.75, 3.05) is 19.7 Å². The van der Waals surface area contributed by atoms with Crippen LogP contribution in [0.4, 0.5) is 0 Å². The summed E-state index contributed by atoms with van der Waals surface area (Å²) in [6.45, 7) is 2.20. The number of carbonyl (C=O) groups excluding carboxylic acids is 3. The van der Waals surface area contributed by atoms with Crippen LogP contribution in [-0.2, 0) is 9.59 Å². The Hall–Kier alpha value is -2.42. The van der Waals surface area contributed by atoms with Gasteiger partial charge in [0.05, 0.1) is 11.7 Å². The standard InChI is InChI=1S/C16H23N5O4/c1-9(17-14(23)8-22)12-6-13(20-19-12)16(25)21-5-4-11(7-21)18-15(24)10-2-3-10/h6,9-11,22H,2-5,7-8H2,1H3,(H,17,23)(H,18,24)(H,19,20). The third kappa shape index (κ3) is 4.16. The maximum absolute atomic E-state index is 12.5. The minimum atomic E-state index is -0.591. The van der Waals surface area contributed by atoms with Gasteiger partial charge in [-0.05, 0) is 32.3 Å². The molecule has 1 saturated carbocycles. The zero-order valence-corrected chi connectivity index (χ0v) is 14.1. The quantitative estimate of drug-likeness (QED) is 0.541. The molecule has 2 atom stereocenters. The second kappa shape index (κ2) is 7.22. The Morgan fingerprint density at radius 3 is 2.84 bits per heavy atom. The summed E-state index contributed by atoms with van der Waals surface area (Å²) in [5.41, 5.74) is 0.859. The number of rotatable bonds is 6. The first-order chi connectivity index (χ1) is 12.0. The normalized spacial score (nSPS) is 21.0. The average molecular weight is 349 g/mol. The lowest BCUT2D eigenvalue weighted by Gasteiger charge is -2.16. The van der Waals surface area contributed by atoms with Gasteiger partial charge >= 0.3 is 0 Å². The minimum absolute atomic E-state index is 0.00164. The summed E-state index contributed by atoms with van der Waals surface area (Å²) in [5, 5.41) is 21.1. The Morgan fingerprint density at radius 2 is 2.16 bits per heavy atom. The summed E-state index contributed by atoms with van der Waals surface area (Å²) in [6, 6.07) is 1.21. The smallest absolute Gasteiger partial charge is 0.274 e. The monoisotopic (exact) mass is 349 g/mol. The fraction of sp³-hybridized carbons (Fsp3) is 0.625. The molecule has 3 amide bonds. The van der Waals surface area contributed by atoms with Crippen molar-refractivity contribution < 1.29 is 19.5 Å². The highest BCUT2D eigenvalue weighted by Gasteiger charge is 2.34. The largest absolute Gasteiger partial charge is 0.387 e. The average Bonchev–Trinajstić information content (AvgIpc) is 3.15. The first kappa shape index (κ1) is 17.4. The Morgan fingerprint density at radius 1 is 1.40 bits per heavy atom. The van der Waals surface area contributed by atoms with Gasteiger partial charge in [-0.1, -0.05) is 0 Å². The molecule has 0 spiro atoms. The van der Waals surface area contributed by atoms with Crippen molar-refractivity contribution >= 4 is 17.7 Å². The van der Waals surface area contributed by atoms with Crippen molar-refractivity contribution in [2.45, 2.75) is 38.3 Å². The number of H-pyrrole nitrogens is 1. The number of aliphatic hydroxyl groups excluding tert-OH is 1. The fourth-order valence-corrected chi connectivity index (χ4v) is 2.92. The number of nitrogens with zero attached hydrogens (tertiary/aromatic N) is 2. The molecule has 2 fully saturated rings. The van der Waals surface area contributed by atoms with Crippen molar-refractivity contribution in [3.8, 4) is 0 Å². The van der Waals surface area contributed by atoms with Crippen LogP contribution in [0.25, 0.3) is 0 Å². The van der Waals surface area contributed by atoms with Gasteiger partial charge in [0.15, 0.2) is 0 Å². The number of aromatic amines is 1. The van der Waals surface area contributed by atoms with Gasteiger partial charge in [-0.25, -0.2) is 0 Å². The van der Waals surface area contributed by atoms with Gasteiger partial charge in [0, 0.05) is 25.0 Å². The van der Waals surface area contributed by atoms with Crippen LogP contribution < -0.4 is 10.6 Å². The van der Waals surface area contributed by atoms with E-state index in [9.17, 15) is 14.4 Å². The van der Waals surface area contributed by atoms with Crippen LogP contribution in [0, 0.1) is 5.92 Å². The molecule has 1 aliphatic heterocycles. The van der Waals surface area contributed by atoms with Crippen LogP contribution in [-0.4, -0.2) is 63.7 Å². The van der Waals surface area contributed by atoms with E-state index in [4.69, 9.17) is 5.11 Å². The van der Waals surface area contributed by atoms with Crippen LogP contribution >= 0.6 is 0 Å².